The highest BCUT2D eigenvalue weighted by atomic mass is 14.7. The molecule has 0 radical (unpaired) electrons. The molecule has 1 aromatic rings. The molecule has 11 heavy (non-hydrogen) atoms. The van der Waals surface area contributed by atoms with E-state index in [9.17, 15) is 0 Å². The molecular formula is C8H11N3. The van der Waals surface area contributed by atoms with Crippen LogP contribution in [0.5, 0.6) is 0 Å². The Labute approximate surface area is 65.7 Å². The first-order chi connectivity index (χ1) is 5.24. The van der Waals surface area contributed by atoms with E-state index in [1.165, 1.54) is 0 Å². The number of rotatable bonds is 1. The zero-order chi connectivity index (χ0) is 8.27. The smallest absolute Gasteiger partial charge is 0.0423 e. The molecule has 0 aliphatic heterocycles. The second kappa shape index (κ2) is 3.05. The van der Waals surface area contributed by atoms with Crippen LogP contribution < -0.4 is 11.5 Å². The second-order valence-corrected chi connectivity index (χ2v) is 2.28. The Bertz CT molecular complexity index is 279. The molecule has 58 valence electrons. The van der Waals surface area contributed by atoms with Crippen LogP contribution in [0.3, 0.4) is 0 Å². The number of nitrogen functional groups attached to an aromatic ring is 2. The molecule has 1 rings (SSSR count). The summed E-state index contributed by atoms with van der Waals surface area (Å²) in [5.41, 5.74) is 13.4. The van der Waals surface area contributed by atoms with Gasteiger partial charge in [-0.3, -0.25) is 4.99 Å². The summed E-state index contributed by atoms with van der Waals surface area (Å²) in [7, 11) is 1.70. The van der Waals surface area contributed by atoms with Crippen LogP contribution in [-0.2, 0) is 0 Å². The Morgan fingerprint density at radius 3 is 2.64 bits per heavy atom. The average Bonchev–Trinajstić information content (AvgIpc) is 1.95. The first kappa shape index (κ1) is 7.60. The van der Waals surface area contributed by atoms with Gasteiger partial charge >= 0.3 is 0 Å². The van der Waals surface area contributed by atoms with Crippen LogP contribution in [-0.4, -0.2) is 13.3 Å². The van der Waals surface area contributed by atoms with Crippen LogP contribution in [0.4, 0.5) is 11.4 Å². The zero-order valence-corrected chi connectivity index (χ0v) is 6.41. The van der Waals surface area contributed by atoms with E-state index in [0.717, 1.165) is 5.56 Å². The van der Waals surface area contributed by atoms with Gasteiger partial charge in [0.2, 0.25) is 0 Å². The predicted molar refractivity (Wildman–Crippen MR) is 48.8 cm³/mol. The molecule has 0 aromatic heterocycles. The number of aliphatic imine (C=N–C) groups is 1. The van der Waals surface area contributed by atoms with Crippen LogP contribution in [0.25, 0.3) is 0 Å². The Morgan fingerprint density at radius 1 is 1.36 bits per heavy atom. The average molecular weight is 149 g/mol. The molecule has 0 spiro atoms. The van der Waals surface area contributed by atoms with Gasteiger partial charge in [0, 0.05) is 30.2 Å². The number of anilines is 2. The van der Waals surface area contributed by atoms with Crippen LogP contribution in [0, 0.1) is 0 Å². The molecule has 0 saturated heterocycles. The van der Waals surface area contributed by atoms with Crippen molar-refractivity contribution in [1.29, 1.82) is 0 Å². The Morgan fingerprint density at radius 2 is 2.09 bits per heavy atom. The standard InChI is InChI=1S/C8H11N3/c1-11-5-6-2-3-7(9)4-8(6)10/h2-5H,9-10H2,1H3. The molecule has 0 bridgehead atoms. The summed E-state index contributed by atoms with van der Waals surface area (Å²) in [4.78, 5) is 3.85. The SMILES string of the molecule is CN=Cc1ccc(N)cc1N. The van der Waals surface area contributed by atoms with Crippen molar-refractivity contribution in [3.63, 3.8) is 0 Å². The minimum Gasteiger partial charge on any atom is -0.399 e. The molecule has 0 unspecified atom stereocenters. The van der Waals surface area contributed by atoms with Gasteiger partial charge in [0.25, 0.3) is 0 Å². The lowest BCUT2D eigenvalue weighted by Crippen LogP contribution is -1.95. The van der Waals surface area contributed by atoms with Crippen molar-refractivity contribution in [3.05, 3.63) is 23.8 Å². The fourth-order valence-electron chi connectivity index (χ4n) is 0.850. The van der Waals surface area contributed by atoms with Gasteiger partial charge in [-0.1, -0.05) is 0 Å². The summed E-state index contributed by atoms with van der Waals surface area (Å²) in [5, 5.41) is 0. The van der Waals surface area contributed by atoms with Gasteiger partial charge in [-0.05, 0) is 18.2 Å². The summed E-state index contributed by atoms with van der Waals surface area (Å²) >= 11 is 0. The van der Waals surface area contributed by atoms with Gasteiger partial charge < -0.3 is 11.5 Å². The lowest BCUT2D eigenvalue weighted by Gasteiger charge is -1.99. The monoisotopic (exact) mass is 149 g/mol. The fourth-order valence-corrected chi connectivity index (χ4v) is 0.850. The van der Waals surface area contributed by atoms with E-state index in [0.29, 0.717) is 11.4 Å². The predicted octanol–water partition coefficient (Wildman–Crippen LogP) is 0.900. The largest absolute Gasteiger partial charge is 0.399 e. The normalized spacial score (nSPS) is 10.6. The molecule has 3 nitrogen and oxygen atoms in total. The van der Waals surface area contributed by atoms with Crippen molar-refractivity contribution in [1.82, 2.24) is 0 Å². The van der Waals surface area contributed by atoms with Gasteiger partial charge in [-0.15, -0.1) is 0 Å². The molecule has 4 N–H and O–H groups in total. The third-order valence-electron chi connectivity index (χ3n) is 1.38. The first-order valence-electron chi connectivity index (χ1n) is 3.31. The molecular weight excluding hydrogens is 138 g/mol. The van der Waals surface area contributed by atoms with Crippen molar-refractivity contribution >= 4 is 17.6 Å². The Hall–Kier alpha value is -1.51. The molecule has 0 heterocycles. The Balaban J connectivity index is 3.09. The molecule has 0 atom stereocenters. The molecule has 0 saturated carbocycles. The minimum absolute atomic E-state index is 0.663. The second-order valence-electron chi connectivity index (χ2n) is 2.28. The fraction of sp³-hybridized carbons (Fsp3) is 0.125. The Kier molecular flexibility index (Phi) is 2.11. The highest BCUT2D eigenvalue weighted by Gasteiger charge is 1.94. The lowest BCUT2D eigenvalue weighted by atomic mass is 10.2. The topological polar surface area (TPSA) is 64.4 Å². The summed E-state index contributed by atoms with van der Waals surface area (Å²) in [6.07, 6.45) is 1.70. The van der Waals surface area contributed by atoms with Crippen molar-refractivity contribution in [2.24, 2.45) is 4.99 Å². The summed E-state index contributed by atoms with van der Waals surface area (Å²) in [6.45, 7) is 0. The van der Waals surface area contributed by atoms with E-state index in [1.807, 2.05) is 6.07 Å². The van der Waals surface area contributed by atoms with Crippen LogP contribution in [0.1, 0.15) is 5.56 Å². The van der Waals surface area contributed by atoms with Crippen molar-refractivity contribution < 1.29 is 0 Å². The molecule has 0 aliphatic carbocycles. The molecule has 0 amide bonds. The summed E-state index contributed by atoms with van der Waals surface area (Å²) < 4.78 is 0. The highest BCUT2D eigenvalue weighted by molar-refractivity contribution is 5.87. The van der Waals surface area contributed by atoms with Gasteiger partial charge in [-0.25, -0.2) is 0 Å². The summed E-state index contributed by atoms with van der Waals surface area (Å²) in [6, 6.07) is 5.36. The third-order valence-corrected chi connectivity index (χ3v) is 1.38. The minimum atomic E-state index is 0.663. The van der Waals surface area contributed by atoms with Crippen molar-refractivity contribution in [2.45, 2.75) is 0 Å². The quantitative estimate of drug-likeness (QED) is 0.460. The number of hydrogen-bond donors (Lipinski definition) is 2. The van der Waals surface area contributed by atoms with Gasteiger partial charge in [0.05, 0.1) is 0 Å². The van der Waals surface area contributed by atoms with E-state index in [1.54, 1.807) is 25.4 Å². The van der Waals surface area contributed by atoms with Crippen LogP contribution in [0.2, 0.25) is 0 Å². The maximum absolute atomic E-state index is 5.64. The van der Waals surface area contributed by atoms with E-state index in [4.69, 9.17) is 11.5 Å². The first-order valence-corrected chi connectivity index (χ1v) is 3.31. The van der Waals surface area contributed by atoms with Gasteiger partial charge in [0.15, 0.2) is 0 Å². The molecule has 0 fully saturated rings. The molecule has 0 aliphatic rings. The number of nitrogens with two attached hydrogens (primary N) is 2. The van der Waals surface area contributed by atoms with E-state index in [2.05, 4.69) is 4.99 Å². The van der Waals surface area contributed by atoms with Crippen molar-refractivity contribution in [3.8, 4) is 0 Å². The number of benzene rings is 1. The third kappa shape index (κ3) is 1.70. The maximum atomic E-state index is 5.64. The van der Waals surface area contributed by atoms with Gasteiger partial charge in [0.1, 0.15) is 0 Å². The zero-order valence-electron chi connectivity index (χ0n) is 6.41. The van der Waals surface area contributed by atoms with Crippen LogP contribution in [0.15, 0.2) is 23.2 Å². The number of hydrogen-bond acceptors (Lipinski definition) is 3. The van der Waals surface area contributed by atoms with E-state index >= 15 is 0 Å². The van der Waals surface area contributed by atoms with Gasteiger partial charge in [-0.2, -0.15) is 0 Å². The molecule has 3 heteroatoms. The van der Waals surface area contributed by atoms with E-state index < -0.39 is 0 Å². The lowest BCUT2D eigenvalue weighted by molar-refractivity contribution is 1.46. The maximum Gasteiger partial charge on any atom is 0.0423 e. The summed E-state index contributed by atoms with van der Waals surface area (Å²) in [5.74, 6) is 0. The molecule has 1 aromatic carbocycles. The highest BCUT2D eigenvalue weighted by Crippen LogP contribution is 2.13. The van der Waals surface area contributed by atoms with Crippen LogP contribution >= 0.6 is 0 Å². The van der Waals surface area contributed by atoms with Crippen molar-refractivity contribution in [2.75, 3.05) is 18.5 Å². The number of nitrogens with zero attached hydrogens (tertiary/aromatic N) is 1. The van der Waals surface area contributed by atoms with E-state index in [-0.39, 0.29) is 0 Å².